The number of nitrogens with zero attached hydrogens (tertiary/aromatic N) is 2. The second kappa shape index (κ2) is 7.65. The normalized spacial score (nSPS) is 11.1. The number of rotatable bonds is 5. The molecule has 1 aromatic heterocycles. The number of ether oxygens (including phenoxy) is 1. The van der Waals surface area contributed by atoms with Gasteiger partial charge in [-0.3, -0.25) is 0 Å². The second-order valence-electron chi connectivity index (χ2n) is 5.26. The van der Waals surface area contributed by atoms with Gasteiger partial charge in [0.1, 0.15) is 22.6 Å². The Morgan fingerprint density at radius 3 is 2.56 bits per heavy atom. The summed E-state index contributed by atoms with van der Waals surface area (Å²) in [5.74, 6) is 1.02. The third-order valence-electron chi connectivity index (χ3n) is 3.52. The summed E-state index contributed by atoms with van der Waals surface area (Å²) in [6, 6.07) is 16.6. The van der Waals surface area contributed by atoms with Gasteiger partial charge in [-0.2, -0.15) is 5.26 Å². The van der Waals surface area contributed by atoms with E-state index in [9.17, 15) is 10.4 Å². The van der Waals surface area contributed by atoms with Gasteiger partial charge in [-0.1, -0.05) is 12.1 Å². The van der Waals surface area contributed by atoms with Crippen molar-refractivity contribution in [3.8, 4) is 28.8 Å². The third kappa shape index (κ3) is 4.06. The van der Waals surface area contributed by atoms with Crippen molar-refractivity contribution in [3.63, 3.8) is 0 Å². The smallest absolute Gasteiger partial charge is 0.134 e. The first-order valence-corrected chi connectivity index (χ1v) is 8.67. The maximum absolute atomic E-state index is 9.45. The minimum atomic E-state index is 0.197. The Morgan fingerprint density at radius 2 is 1.92 bits per heavy atom. The lowest BCUT2D eigenvalue weighted by Gasteiger charge is -2.03. The standard InChI is InChI=1S/C20H16N2O2S/c1-2-24-18-9-5-15(6-10-18)19-13-25-20(22-19)16(12-21)11-14-3-7-17(23)8-4-14/h3-11,13,23H,2H2,1H3/b16-11+. The van der Waals surface area contributed by atoms with Crippen molar-refractivity contribution in [3.05, 3.63) is 64.5 Å². The van der Waals surface area contributed by atoms with Crippen LogP contribution in [0.2, 0.25) is 0 Å². The molecule has 25 heavy (non-hydrogen) atoms. The molecule has 0 aliphatic rings. The molecule has 3 rings (SSSR count). The molecule has 0 atom stereocenters. The number of aromatic hydroxyl groups is 1. The van der Waals surface area contributed by atoms with Crippen LogP contribution in [0.1, 0.15) is 17.5 Å². The number of phenols is 1. The lowest BCUT2D eigenvalue weighted by atomic mass is 10.1. The lowest BCUT2D eigenvalue weighted by Crippen LogP contribution is -1.90. The zero-order valence-corrected chi connectivity index (χ0v) is 14.5. The van der Waals surface area contributed by atoms with Crippen LogP contribution in [0.15, 0.2) is 53.9 Å². The SMILES string of the molecule is CCOc1ccc(-c2csc(/C(C#N)=C/c3ccc(O)cc3)n2)cc1. The van der Waals surface area contributed by atoms with Crippen molar-refractivity contribution in [1.82, 2.24) is 4.98 Å². The molecular weight excluding hydrogens is 332 g/mol. The molecule has 5 heteroatoms. The molecule has 0 aliphatic carbocycles. The highest BCUT2D eigenvalue weighted by molar-refractivity contribution is 7.11. The number of hydrogen-bond acceptors (Lipinski definition) is 5. The quantitative estimate of drug-likeness (QED) is 0.661. The predicted octanol–water partition coefficient (Wildman–Crippen LogP) is 4.98. The molecule has 1 heterocycles. The third-order valence-corrected chi connectivity index (χ3v) is 4.40. The molecule has 1 N–H and O–H groups in total. The maximum atomic E-state index is 9.45. The molecule has 0 saturated carbocycles. The van der Waals surface area contributed by atoms with Crippen LogP contribution in [0, 0.1) is 11.3 Å². The van der Waals surface area contributed by atoms with Gasteiger partial charge < -0.3 is 9.84 Å². The second-order valence-corrected chi connectivity index (χ2v) is 6.11. The summed E-state index contributed by atoms with van der Waals surface area (Å²) in [5, 5.41) is 21.4. The van der Waals surface area contributed by atoms with E-state index in [-0.39, 0.29) is 5.75 Å². The Balaban J connectivity index is 1.86. The molecule has 0 unspecified atom stereocenters. The molecule has 124 valence electrons. The van der Waals surface area contributed by atoms with Crippen LogP contribution in [0.25, 0.3) is 22.9 Å². The summed E-state index contributed by atoms with van der Waals surface area (Å²) in [6.07, 6.45) is 1.76. The summed E-state index contributed by atoms with van der Waals surface area (Å²) in [7, 11) is 0. The number of aromatic nitrogens is 1. The summed E-state index contributed by atoms with van der Waals surface area (Å²) in [4.78, 5) is 4.58. The van der Waals surface area contributed by atoms with E-state index >= 15 is 0 Å². The highest BCUT2D eigenvalue weighted by Crippen LogP contribution is 2.28. The van der Waals surface area contributed by atoms with Crippen LogP contribution in [0.3, 0.4) is 0 Å². The molecule has 0 amide bonds. The van der Waals surface area contributed by atoms with Crippen LogP contribution in [-0.2, 0) is 0 Å². The maximum Gasteiger partial charge on any atom is 0.134 e. The average molecular weight is 348 g/mol. The Hall–Kier alpha value is -3.10. The molecular formula is C20H16N2O2S. The van der Waals surface area contributed by atoms with E-state index in [1.165, 1.54) is 11.3 Å². The van der Waals surface area contributed by atoms with E-state index in [1.807, 2.05) is 36.6 Å². The highest BCUT2D eigenvalue weighted by Gasteiger charge is 2.09. The van der Waals surface area contributed by atoms with Crippen LogP contribution in [0.5, 0.6) is 11.5 Å². The van der Waals surface area contributed by atoms with Gasteiger partial charge in [0, 0.05) is 10.9 Å². The fourth-order valence-electron chi connectivity index (χ4n) is 2.30. The van der Waals surface area contributed by atoms with Gasteiger partial charge in [-0.25, -0.2) is 4.98 Å². The number of hydrogen-bond donors (Lipinski definition) is 1. The van der Waals surface area contributed by atoms with Gasteiger partial charge in [0.05, 0.1) is 17.9 Å². The number of allylic oxidation sites excluding steroid dienone is 1. The van der Waals surface area contributed by atoms with Gasteiger partial charge >= 0.3 is 0 Å². The Morgan fingerprint density at radius 1 is 1.20 bits per heavy atom. The van der Waals surface area contributed by atoms with E-state index in [1.54, 1.807) is 30.3 Å². The molecule has 0 radical (unpaired) electrons. The minimum Gasteiger partial charge on any atom is -0.508 e. The van der Waals surface area contributed by atoms with E-state index < -0.39 is 0 Å². The molecule has 0 fully saturated rings. The number of phenolic OH excluding ortho intramolecular Hbond substituents is 1. The number of benzene rings is 2. The summed E-state index contributed by atoms with van der Waals surface area (Å²) < 4.78 is 5.44. The van der Waals surface area contributed by atoms with Crippen molar-refractivity contribution < 1.29 is 9.84 Å². The number of nitriles is 1. The Labute approximate surface area is 150 Å². The van der Waals surface area contributed by atoms with Crippen LogP contribution in [0.4, 0.5) is 0 Å². The molecule has 2 aromatic carbocycles. The van der Waals surface area contributed by atoms with E-state index in [4.69, 9.17) is 4.74 Å². The first-order chi connectivity index (χ1) is 12.2. The van der Waals surface area contributed by atoms with Gasteiger partial charge in [-0.15, -0.1) is 11.3 Å². The number of thiazole rings is 1. The molecule has 0 bridgehead atoms. The lowest BCUT2D eigenvalue weighted by molar-refractivity contribution is 0.340. The van der Waals surface area contributed by atoms with Gasteiger partial charge in [0.2, 0.25) is 0 Å². The van der Waals surface area contributed by atoms with Gasteiger partial charge in [-0.05, 0) is 55.0 Å². The molecule has 3 aromatic rings. The molecule has 0 spiro atoms. The van der Waals surface area contributed by atoms with E-state index in [0.29, 0.717) is 17.2 Å². The van der Waals surface area contributed by atoms with Crippen molar-refractivity contribution >= 4 is 23.0 Å². The van der Waals surface area contributed by atoms with E-state index in [0.717, 1.165) is 22.6 Å². The van der Waals surface area contributed by atoms with Crippen LogP contribution >= 0.6 is 11.3 Å². The fraction of sp³-hybridized carbons (Fsp3) is 0.100. The van der Waals surface area contributed by atoms with Crippen LogP contribution in [-0.4, -0.2) is 16.7 Å². The topological polar surface area (TPSA) is 66.1 Å². The summed E-state index contributed by atoms with van der Waals surface area (Å²) in [6.45, 7) is 2.58. The Kier molecular flexibility index (Phi) is 5.12. The minimum absolute atomic E-state index is 0.197. The average Bonchev–Trinajstić information content (AvgIpc) is 3.12. The van der Waals surface area contributed by atoms with Crippen molar-refractivity contribution in [2.75, 3.05) is 6.61 Å². The molecule has 0 aliphatic heterocycles. The summed E-state index contributed by atoms with van der Waals surface area (Å²) in [5.41, 5.74) is 3.14. The van der Waals surface area contributed by atoms with Gasteiger partial charge in [0.15, 0.2) is 0 Å². The van der Waals surface area contributed by atoms with Gasteiger partial charge in [0.25, 0.3) is 0 Å². The predicted molar refractivity (Wildman–Crippen MR) is 100 cm³/mol. The van der Waals surface area contributed by atoms with Crippen molar-refractivity contribution in [1.29, 1.82) is 5.26 Å². The largest absolute Gasteiger partial charge is 0.508 e. The fourth-order valence-corrected chi connectivity index (χ4v) is 3.09. The van der Waals surface area contributed by atoms with Crippen molar-refractivity contribution in [2.24, 2.45) is 0 Å². The summed E-state index contributed by atoms with van der Waals surface area (Å²) >= 11 is 1.43. The zero-order chi connectivity index (χ0) is 17.6. The van der Waals surface area contributed by atoms with Crippen LogP contribution < -0.4 is 4.74 Å². The molecule has 0 saturated heterocycles. The first kappa shape index (κ1) is 16.7. The Bertz CT molecular complexity index is 920. The first-order valence-electron chi connectivity index (χ1n) is 7.79. The van der Waals surface area contributed by atoms with E-state index in [2.05, 4.69) is 11.1 Å². The highest BCUT2D eigenvalue weighted by atomic mass is 32.1. The van der Waals surface area contributed by atoms with Crippen molar-refractivity contribution in [2.45, 2.75) is 6.92 Å². The molecule has 4 nitrogen and oxygen atoms in total. The monoisotopic (exact) mass is 348 g/mol. The zero-order valence-electron chi connectivity index (χ0n) is 13.6.